The molecule has 0 aromatic rings. The number of hydrogen-bond acceptors (Lipinski definition) is 4. The highest BCUT2D eigenvalue weighted by molar-refractivity contribution is 7.97. The largest absolute Gasteiger partial charge is 0.227 e. The Bertz CT molecular complexity index is 489. The molecule has 2 aliphatic rings. The number of rotatable bonds is 4. The van der Waals surface area contributed by atoms with E-state index in [1.165, 1.54) is 0 Å². The molecule has 0 saturated heterocycles. The van der Waals surface area contributed by atoms with Gasteiger partial charge in [-0.15, -0.1) is 23.2 Å². The molecule has 0 aromatic heterocycles. The number of halogens is 2. The van der Waals surface area contributed by atoms with Crippen molar-refractivity contribution in [3.05, 3.63) is 12.2 Å². The molecule has 98 valence electrons. The van der Waals surface area contributed by atoms with E-state index in [0.717, 1.165) is 0 Å². The summed E-state index contributed by atoms with van der Waals surface area (Å²) < 4.78 is 47.6. The Labute approximate surface area is 111 Å². The first-order chi connectivity index (χ1) is 7.83. The molecule has 0 unspecified atom stereocenters. The lowest BCUT2D eigenvalue weighted by atomic mass is 10.1. The quantitative estimate of drug-likeness (QED) is 0.576. The summed E-state index contributed by atoms with van der Waals surface area (Å²) in [5.74, 6) is -0.488. The van der Waals surface area contributed by atoms with Gasteiger partial charge < -0.3 is 0 Å². The molecule has 2 aliphatic carbocycles. The van der Waals surface area contributed by atoms with Crippen molar-refractivity contribution in [1.82, 2.24) is 0 Å². The second-order valence-electron chi connectivity index (χ2n) is 4.42. The first-order valence-electron chi connectivity index (χ1n) is 5.07. The van der Waals surface area contributed by atoms with E-state index < -0.39 is 40.6 Å². The maximum atomic E-state index is 11.9. The van der Waals surface area contributed by atoms with Crippen LogP contribution in [0.5, 0.6) is 0 Å². The maximum Gasteiger partial charge on any atom is 0.168 e. The molecule has 0 radical (unpaired) electrons. The van der Waals surface area contributed by atoms with Crippen LogP contribution in [0.1, 0.15) is 6.42 Å². The van der Waals surface area contributed by atoms with Gasteiger partial charge in [-0.3, -0.25) is 0 Å². The highest BCUT2D eigenvalue weighted by Crippen LogP contribution is 2.46. The van der Waals surface area contributed by atoms with E-state index >= 15 is 0 Å². The fourth-order valence-electron chi connectivity index (χ4n) is 2.82. The minimum atomic E-state index is -3.59. The normalized spacial score (nSPS) is 36.6. The lowest BCUT2D eigenvalue weighted by Gasteiger charge is -2.26. The molecule has 0 spiro atoms. The molecule has 2 bridgehead atoms. The Morgan fingerprint density at radius 2 is 1.24 bits per heavy atom. The first-order valence-corrected chi connectivity index (χ1v) is 9.57. The lowest BCUT2D eigenvalue weighted by Crippen LogP contribution is -2.43. The van der Waals surface area contributed by atoms with E-state index in [4.69, 9.17) is 23.2 Å². The van der Waals surface area contributed by atoms with Crippen LogP contribution in [0, 0.1) is 11.8 Å². The van der Waals surface area contributed by atoms with Crippen molar-refractivity contribution in [2.24, 2.45) is 11.8 Å². The molecule has 1 saturated carbocycles. The predicted molar refractivity (Wildman–Crippen MR) is 67.6 cm³/mol. The Kier molecular flexibility index (Phi) is 3.53. The number of sulfone groups is 2. The Hall–Kier alpha value is 0.220. The van der Waals surface area contributed by atoms with Gasteiger partial charge in [-0.25, -0.2) is 16.8 Å². The van der Waals surface area contributed by atoms with Crippen LogP contribution in [0.2, 0.25) is 0 Å². The van der Waals surface area contributed by atoms with Crippen LogP contribution in [-0.4, -0.2) is 37.8 Å². The Balaban J connectivity index is 2.48. The number of fused-ring (bicyclic) bond motifs is 2. The van der Waals surface area contributed by atoms with Gasteiger partial charge in [-0.2, -0.15) is 0 Å². The van der Waals surface area contributed by atoms with Crippen molar-refractivity contribution < 1.29 is 16.8 Å². The van der Waals surface area contributed by atoms with Gasteiger partial charge in [0, 0.05) is 0 Å². The summed E-state index contributed by atoms with van der Waals surface area (Å²) in [7, 11) is -7.19. The summed E-state index contributed by atoms with van der Waals surface area (Å²) in [6, 6.07) is 0. The highest BCUT2D eigenvalue weighted by atomic mass is 35.5. The van der Waals surface area contributed by atoms with Crippen molar-refractivity contribution in [2.75, 3.05) is 10.4 Å². The Morgan fingerprint density at radius 3 is 1.53 bits per heavy atom. The molecule has 0 heterocycles. The van der Waals surface area contributed by atoms with Crippen LogP contribution in [-0.2, 0) is 19.7 Å². The molecule has 4 atom stereocenters. The number of alkyl halides is 2. The van der Waals surface area contributed by atoms with E-state index in [-0.39, 0.29) is 11.8 Å². The van der Waals surface area contributed by atoms with Gasteiger partial charge in [0.15, 0.2) is 19.7 Å². The van der Waals surface area contributed by atoms with Crippen LogP contribution in [0.15, 0.2) is 12.2 Å². The first kappa shape index (κ1) is 13.6. The molecule has 2 rings (SSSR count). The summed E-state index contributed by atoms with van der Waals surface area (Å²) in [6.07, 6.45) is 4.11. The van der Waals surface area contributed by atoms with E-state index in [0.29, 0.717) is 6.42 Å². The Morgan fingerprint density at radius 1 is 0.882 bits per heavy atom. The van der Waals surface area contributed by atoms with Crippen LogP contribution in [0.3, 0.4) is 0 Å². The van der Waals surface area contributed by atoms with Gasteiger partial charge in [-0.1, -0.05) is 12.2 Å². The molecule has 17 heavy (non-hydrogen) atoms. The predicted octanol–water partition coefficient (Wildman–Crippen LogP) is 1.15. The smallest absolute Gasteiger partial charge is 0.168 e. The maximum absolute atomic E-state index is 11.9. The van der Waals surface area contributed by atoms with E-state index in [1.807, 2.05) is 0 Å². The van der Waals surface area contributed by atoms with Crippen molar-refractivity contribution in [3.8, 4) is 0 Å². The number of hydrogen-bond donors (Lipinski definition) is 0. The molecular formula is C9H12Cl2O4S2. The minimum Gasteiger partial charge on any atom is -0.227 e. The zero-order chi connectivity index (χ0) is 12.8. The third-order valence-electron chi connectivity index (χ3n) is 3.45. The fourth-order valence-corrected chi connectivity index (χ4v) is 7.69. The summed E-state index contributed by atoms with van der Waals surface area (Å²) in [5, 5.41) is -2.97. The van der Waals surface area contributed by atoms with Crippen LogP contribution < -0.4 is 0 Å². The van der Waals surface area contributed by atoms with Gasteiger partial charge >= 0.3 is 0 Å². The lowest BCUT2D eigenvalue weighted by molar-refractivity contribution is 0.545. The topological polar surface area (TPSA) is 68.3 Å². The molecule has 8 heteroatoms. The molecule has 4 nitrogen and oxygen atoms in total. The van der Waals surface area contributed by atoms with Crippen molar-refractivity contribution in [1.29, 1.82) is 0 Å². The van der Waals surface area contributed by atoms with E-state index in [1.54, 1.807) is 12.2 Å². The van der Waals surface area contributed by atoms with Crippen molar-refractivity contribution >= 4 is 42.9 Å². The monoisotopic (exact) mass is 318 g/mol. The standard InChI is InChI=1S/C9H12Cl2O4S2/c10-4-16(12,13)8-6-1-2-7(3-6)9(8)17(14,15)5-11/h1-2,6-9H,3-5H2/t6-,7+,8-,9-/m1/s1. The van der Waals surface area contributed by atoms with Gasteiger partial charge in [0.1, 0.15) is 10.4 Å². The number of allylic oxidation sites excluding steroid dienone is 2. The van der Waals surface area contributed by atoms with Crippen LogP contribution >= 0.6 is 23.2 Å². The third-order valence-corrected chi connectivity index (χ3v) is 9.00. The van der Waals surface area contributed by atoms with Crippen molar-refractivity contribution in [3.63, 3.8) is 0 Å². The summed E-state index contributed by atoms with van der Waals surface area (Å²) in [6.45, 7) is 0. The fraction of sp³-hybridized carbons (Fsp3) is 0.778. The van der Waals surface area contributed by atoms with Crippen LogP contribution in [0.25, 0.3) is 0 Å². The van der Waals surface area contributed by atoms with E-state index in [2.05, 4.69) is 0 Å². The zero-order valence-electron chi connectivity index (χ0n) is 8.79. The van der Waals surface area contributed by atoms with Gasteiger partial charge in [0.05, 0.1) is 10.5 Å². The van der Waals surface area contributed by atoms with Crippen molar-refractivity contribution in [2.45, 2.75) is 16.9 Å². The summed E-state index contributed by atoms with van der Waals surface area (Å²) in [5.41, 5.74) is 0. The molecule has 0 aliphatic heterocycles. The summed E-state index contributed by atoms with van der Waals surface area (Å²) >= 11 is 10.9. The van der Waals surface area contributed by atoms with Crippen LogP contribution in [0.4, 0.5) is 0 Å². The molecule has 1 fully saturated rings. The molecular weight excluding hydrogens is 307 g/mol. The second-order valence-corrected chi connectivity index (χ2v) is 9.91. The SMILES string of the molecule is O=S(=O)(CCl)[C@H]1[C@H](S(=O)(=O)CCl)[C@H]2C=C[C@@H]1C2. The zero-order valence-corrected chi connectivity index (χ0v) is 11.9. The van der Waals surface area contributed by atoms with E-state index in [9.17, 15) is 16.8 Å². The minimum absolute atomic E-state index is 0.244. The second kappa shape index (κ2) is 4.40. The molecule has 0 aromatic carbocycles. The summed E-state index contributed by atoms with van der Waals surface area (Å²) in [4.78, 5) is 0. The average molecular weight is 319 g/mol. The molecule has 0 amide bonds. The van der Waals surface area contributed by atoms with Gasteiger partial charge in [0.25, 0.3) is 0 Å². The van der Waals surface area contributed by atoms with Gasteiger partial charge in [-0.05, 0) is 18.3 Å². The molecule has 0 N–H and O–H groups in total. The van der Waals surface area contributed by atoms with Gasteiger partial charge in [0.2, 0.25) is 0 Å². The highest BCUT2D eigenvalue weighted by Gasteiger charge is 2.55. The third kappa shape index (κ3) is 2.13. The average Bonchev–Trinajstić information content (AvgIpc) is 2.88.